The number of carbonyl (C=O) groups is 1. The zero-order valence-corrected chi connectivity index (χ0v) is 17.0. The molecule has 0 spiro atoms. The van der Waals surface area contributed by atoms with E-state index in [1.54, 1.807) is 0 Å². The number of anilines is 1. The van der Waals surface area contributed by atoms with Gasteiger partial charge in [0.2, 0.25) is 5.91 Å². The predicted octanol–water partition coefficient (Wildman–Crippen LogP) is 4.55. The van der Waals surface area contributed by atoms with E-state index >= 15 is 0 Å². The zero-order valence-electron chi connectivity index (χ0n) is 17.0. The van der Waals surface area contributed by atoms with E-state index in [2.05, 4.69) is 51.9 Å². The van der Waals surface area contributed by atoms with Gasteiger partial charge in [-0.15, -0.1) is 0 Å². The smallest absolute Gasteiger partial charge is 0.241 e. The second-order valence-corrected chi connectivity index (χ2v) is 7.87. The molecular weight excluding hydrogens is 358 g/mol. The van der Waals surface area contributed by atoms with Gasteiger partial charge in [0, 0.05) is 24.2 Å². The fourth-order valence-corrected chi connectivity index (χ4v) is 4.00. The van der Waals surface area contributed by atoms with Crippen molar-refractivity contribution < 1.29 is 4.79 Å². The number of hydrogen-bond donors (Lipinski definition) is 2. The van der Waals surface area contributed by atoms with Gasteiger partial charge in [0.25, 0.3) is 0 Å². The Labute approximate surface area is 172 Å². The van der Waals surface area contributed by atoms with Crippen LogP contribution in [0.2, 0.25) is 0 Å². The quantitative estimate of drug-likeness (QED) is 0.625. The summed E-state index contributed by atoms with van der Waals surface area (Å²) < 4.78 is 0. The Morgan fingerprint density at radius 3 is 2.45 bits per heavy atom. The molecule has 1 aliphatic heterocycles. The highest BCUT2D eigenvalue weighted by atomic mass is 16.2. The number of carbonyl (C=O) groups excluding carboxylic acids is 1. The molecular formula is C25H29N3O. The monoisotopic (exact) mass is 387 g/mol. The molecule has 4 heteroatoms. The molecule has 0 aliphatic carbocycles. The molecule has 0 bridgehead atoms. The topological polar surface area (TPSA) is 44.4 Å². The van der Waals surface area contributed by atoms with Crippen molar-refractivity contribution in [1.82, 2.24) is 10.2 Å². The summed E-state index contributed by atoms with van der Waals surface area (Å²) in [5.41, 5.74) is 3.48. The molecule has 1 fully saturated rings. The van der Waals surface area contributed by atoms with Gasteiger partial charge in [-0.05, 0) is 55.4 Å². The minimum Gasteiger partial charge on any atom is -0.324 e. The fraction of sp³-hybridized carbons (Fsp3) is 0.320. The first-order chi connectivity index (χ1) is 14.2. The summed E-state index contributed by atoms with van der Waals surface area (Å²) in [4.78, 5) is 15.3. The van der Waals surface area contributed by atoms with Crippen LogP contribution in [0.15, 0.2) is 66.7 Å². The first kappa shape index (κ1) is 19.6. The number of hydrogen-bond acceptors (Lipinski definition) is 3. The first-order valence-corrected chi connectivity index (χ1v) is 10.5. The number of nitrogens with one attached hydrogen (secondary N) is 2. The van der Waals surface area contributed by atoms with Gasteiger partial charge in [0.05, 0.1) is 6.04 Å². The molecule has 4 nitrogen and oxygen atoms in total. The molecule has 1 saturated heterocycles. The van der Waals surface area contributed by atoms with E-state index in [4.69, 9.17) is 0 Å². The molecule has 3 aromatic carbocycles. The average Bonchev–Trinajstić information content (AvgIpc) is 3.26. The molecule has 29 heavy (non-hydrogen) atoms. The molecule has 4 rings (SSSR count). The van der Waals surface area contributed by atoms with Crippen molar-refractivity contribution in [2.75, 3.05) is 18.4 Å². The Bertz CT molecular complexity index is 973. The Hall–Kier alpha value is -2.69. The van der Waals surface area contributed by atoms with Crippen molar-refractivity contribution in [2.24, 2.45) is 0 Å². The highest BCUT2D eigenvalue weighted by Gasteiger charge is 2.16. The molecule has 0 saturated carbocycles. The average molecular weight is 388 g/mol. The van der Waals surface area contributed by atoms with Crippen LogP contribution in [0, 0.1) is 0 Å². The van der Waals surface area contributed by atoms with Gasteiger partial charge < -0.3 is 10.6 Å². The van der Waals surface area contributed by atoms with E-state index in [0.717, 1.165) is 23.0 Å². The summed E-state index contributed by atoms with van der Waals surface area (Å²) in [7, 11) is 0. The molecule has 3 aromatic rings. The SMILES string of the molecule is CC(NCc1ccccc1CN1CCCC1)C(=O)Nc1cccc2ccccc12. The third-order valence-electron chi connectivity index (χ3n) is 5.75. The van der Waals surface area contributed by atoms with Crippen LogP contribution in [-0.4, -0.2) is 29.9 Å². The van der Waals surface area contributed by atoms with Crippen LogP contribution >= 0.6 is 0 Å². The van der Waals surface area contributed by atoms with Crippen LogP contribution in [0.4, 0.5) is 5.69 Å². The highest BCUT2D eigenvalue weighted by molar-refractivity contribution is 6.03. The second kappa shape index (κ2) is 9.21. The summed E-state index contributed by atoms with van der Waals surface area (Å²) in [6.07, 6.45) is 2.59. The number of nitrogens with zero attached hydrogens (tertiary/aromatic N) is 1. The zero-order chi connectivity index (χ0) is 20.1. The molecule has 0 radical (unpaired) electrons. The molecule has 150 valence electrons. The molecule has 0 aromatic heterocycles. The predicted molar refractivity (Wildman–Crippen MR) is 120 cm³/mol. The van der Waals surface area contributed by atoms with E-state index < -0.39 is 0 Å². The third kappa shape index (κ3) is 4.84. The number of amides is 1. The van der Waals surface area contributed by atoms with Crippen molar-refractivity contribution in [3.8, 4) is 0 Å². The second-order valence-electron chi connectivity index (χ2n) is 7.87. The molecule has 1 amide bonds. The maximum absolute atomic E-state index is 12.8. The maximum atomic E-state index is 12.8. The van der Waals surface area contributed by atoms with Crippen LogP contribution in [0.5, 0.6) is 0 Å². The van der Waals surface area contributed by atoms with Crippen molar-refractivity contribution >= 4 is 22.4 Å². The summed E-state index contributed by atoms with van der Waals surface area (Å²) in [5, 5.41) is 8.67. The molecule has 1 atom stereocenters. The summed E-state index contributed by atoms with van der Waals surface area (Å²) in [6, 6.07) is 22.4. The van der Waals surface area contributed by atoms with Gasteiger partial charge in [-0.2, -0.15) is 0 Å². The Morgan fingerprint density at radius 2 is 1.62 bits per heavy atom. The van der Waals surface area contributed by atoms with Crippen LogP contribution in [0.3, 0.4) is 0 Å². The van der Waals surface area contributed by atoms with Crippen LogP contribution in [0.1, 0.15) is 30.9 Å². The first-order valence-electron chi connectivity index (χ1n) is 10.5. The van der Waals surface area contributed by atoms with Gasteiger partial charge in [-0.1, -0.05) is 60.7 Å². The summed E-state index contributed by atoms with van der Waals surface area (Å²) in [6.45, 7) is 5.98. The largest absolute Gasteiger partial charge is 0.324 e. The number of likely N-dealkylation sites (tertiary alicyclic amines) is 1. The van der Waals surface area contributed by atoms with E-state index in [0.29, 0.717) is 6.54 Å². The molecule has 1 unspecified atom stereocenters. The number of rotatable bonds is 7. The Kier molecular flexibility index (Phi) is 6.23. The third-order valence-corrected chi connectivity index (χ3v) is 5.75. The molecule has 1 aliphatic rings. The maximum Gasteiger partial charge on any atom is 0.241 e. The lowest BCUT2D eigenvalue weighted by Crippen LogP contribution is -2.38. The van der Waals surface area contributed by atoms with Crippen LogP contribution in [-0.2, 0) is 17.9 Å². The van der Waals surface area contributed by atoms with Gasteiger partial charge in [-0.25, -0.2) is 0 Å². The van der Waals surface area contributed by atoms with Crippen molar-refractivity contribution in [3.05, 3.63) is 77.9 Å². The minimum absolute atomic E-state index is 0.0154. The van der Waals surface area contributed by atoms with Crippen LogP contribution in [0.25, 0.3) is 10.8 Å². The van der Waals surface area contributed by atoms with Crippen LogP contribution < -0.4 is 10.6 Å². The normalized spacial score (nSPS) is 15.5. The lowest BCUT2D eigenvalue weighted by atomic mass is 10.1. The molecule has 2 N–H and O–H groups in total. The van der Waals surface area contributed by atoms with E-state index in [-0.39, 0.29) is 11.9 Å². The van der Waals surface area contributed by atoms with Gasteiger partial charge in [0.15, 0.2) is 0 Å². The lowest BCUT2D eigenvalue weighted by molar-refractivity contribution is -0.117. The summed E-state index contributed by atoms with van der Waals surface area (Å²) >= 11 is 0. The summed E-state index contributed by atoms with van der Waals surface area (Å²) in [5.74, 6) is -0.0154. The van der Waals surface area contributed by atoms with Crippen molar-refractivity contribution in [2.45, 2.75) is 38.9 Å². The van der Waals surface area contributed by atoms with E-state index in [1.807, 2.05) is 37.3 Å². The Balaban J connectivity index is 1.38. The van der Waals surface area contributed by atoms with Gasteiger partial charge >= 0.3 is 0 Å². The van der Waals surface area contributed by atoms with Crippen molar-refractivity contribution in [1.29, 1.82) is 0 Å². The van der Waals surface area contributed by atoms with Crippen molar-refractivity contribution in [3.63, 3.8) is 0 Å². The number of benzene rings is 3. The Morgan fingerprint density at radius 1 is 0.931 bits per heavy atom. The molecule has 1 heterocycles. The van der Waals surface area contributed by atoms with E-state index in [1.165, 1.54) is 37.1 Å². The van der Waals surface area contributed by atoms with Gasteiger partial charge in [-0.3, -0.25) is 9.69 Å². The number of fused-ring (bicyclic) bond motifs is 1. The standard InChI is InChI=1S/C25H29N3O/c1-19(25(29)27-24-14-8-12-20-9-4-5-13-23(20)24)26-17-21-10-2-3-11-22(21)18-28-15-6-7-16-28/h2-5,8-14,19,26H,6-7,15-18H2,1H3,(H,27,29). The van der Waals surface area contributed by atoms with E-state index in [9.17, 15) is 4.79 Å². The van der Waals surface area contributed by atoms with Gasteiger partial charge in [0.1, 0.15) is 0 Å². The minimum atomic E-state index is -0.284. The lowest BCUT2D eigenvalue weighted by Gasteiger charge is -2.19. The highest BCUT2D eigenvalue weighted by Crippen LogP contribution is 2.23. The fourth-order valence-electron chi connectivity index (χ4n) is 4.00.